The van der Waals surface area contributed by atoms with E-state index in [9.17, 15) is 4.79 Å². The Balaban J connectivity index is 1.97. The van der Waals surface area contributed by atoms with Crippen molar-refractivity contribution in [2.45, 2.75) is 6.92 Å². The number of fused-ring (bicyclic) bond motifs is 1. The van der Waals surface area contributed by atoms with Crippen LogP contribution in [0.15, 0.2) is 30.3 Å². The average molecular weight is 412 g/mol. The van der Waals surface area contributed by atoms with E-state index in [1.165, 1.54) is 6.08 Å². The van der Waals surface area contributed by atoms with Crippen molar-refractivity contribution in [1.82, 2.24) is 0 Å². The Labute approximate surface area is 175 Å². The molecule has 0 aromatic heterocycles. The zero-order valence-corrected chi connectivity index (χ0v) is 17.4. The lowest BCUT2D eigenvalue weighted by atomic mass is 10.0. The van der Waals surface area contributed by atoms with Crippen molar-refractivity contribution in [3.8, 4) is 28.7 Å². The molecule has 1 aliphatic heterocycles. The molecule has 0 spiro atoms. The van der Waals surface area contributed by atoms with Gasteiger partial charge in [-0.25, -0.2) is 4.79 Å². The van der Waals surface area contributed by atoms with Crippen LogP contribution in [0.4, 0.5) is 0 Å². The van der Waals surface area contributed by atoms with Crippen molar-refractivity contribution in [1.29, 1.82) is 0 Å². The van der Waals surface area contributed by atoms with Crippen LogP contribution < -0.4 is 23.7 Å². The number of hydrogen-bond donors (Lipinski definition) is 0. The SMILES string of the molecule is CCOC(=O)/C=C/c1cc2c(cc1/C=C/c1cc(OC)c(OC)c(OC)c1)OCO2. The van der Waals surface area contributed by atoms with Gasteiger partial charge in [0.15, 0.2) is 23.0 Å². The fourth-order valence-electron chi connectivity index (χ4n) is 2.99. The van der Waals surface area contributed by atoms with Gasteiger partial charge < -0.3 is 28.4 Å². The number of ether oxygens (including phenoxy) is 6. The Kier molecular flexibility index (Phi) is 6.85. The summed E-state index contributed by atoms with van der Waals surface area (Å²) in [5.74, 6) is 2.51. The zero-order valence-electron chi connectivity index (χ0n) is 17.4. The van der Waals surface area contributed by atoms with Gasteiger partial charge in [-0.2, -0.15) is 0 Å². The summed E-state index contributed by atoms with van der Waals surface area (Å²) in [6, 6.07) is 7.38. The fourth-order valence-corrected chi connectivity index (χ4v) is 2.99. The molecule has 3 rings (SSSR count). The van der Waals surface area contributed by atoms with Gasteiger partial charge in [-0.1, -0.05) is 12.2 Å². The highest BCUT2D eigenvalue weighted by Gasteiger charge is 2.16. The highest BCUT2D eigenvalue weighted by Crippen LogP contribution is 2.39. The van der Waals surface area contributed by atoms with Gasteiger partial charge in [0.05, 0.1) is 27.9 Å². The molecule has 0 fully saturated rings. The third-order valence-corrected chi connectivity index (χ3v) is 4.41. The van der Waals surface area contributed by atoms with Crippen LogP contribution in [-0.2, 0) is 9.53 Å². The van der Waals surface area contributed by atoms with Crippen LogP contribution >= 0.6 is 0 Å². The quantitative estimate of drug-likeness (QED) is 0.366. The Bertz CT molecular complexity index is 951. The lowest BCUT2D eigenvalue weighted by molar-refractivity contribution is -0.137. The summed E-state index contributed by atoms with van der Waals surface area (Å²) in [6.45, 7) is 2.24. The van der Waals surface area contributed by atoms with Gasteiger partial charge in [-0.15, -0.1) is 0 Å². The van der Waals surface area contributed by atoms with Crippen LogP contribution in [0, 0.1) is 0 Å². The normalized spacial score (nSPS) is 12.4. The first-order valence-corrected chi connectivity index (χ1v) is 9.36. The summed E-state index contributed by atoms with van der Waals surface area (Å²) >= 11 is 0. The van der Waals surface area contributed by atoms with Crippen LogP contribution in [0.2, 0.25) is 0 Å². The van der Waals surface area contributed by atoms with Crippen molar-refractivity contribution < 1.29 is 33.2 Å². The lowest BCUT2D eigenvalue weighted by Crippen LogP contribution is -1.98. The molecule has 158 valence electrons. The summed E-state index contributed by atoms with van der Waals surface area (Å²) in [5, 5.41) is 0. The van der Waals surface area contributed by atoms with Gasteiger partial charge in [0.1, 0.15) is 0 Å². The predicted molar refractivity (Wildman–Crippen MR) is 113 cm³/mol. The van der Waals surface area contributed by atoms with Gasteiger partial charge in [-0.05, 0) is 54.0 Å². The van der Waals surface area contributed by atoms with Crippen molar-refractivity contribution >= 4 is 24.2 Å². The molecule has 2 aromatic rings. The second kappa shape index (κ2) is 9.73. The fraction of sp³-hybridized carbons (Fsp3) is 0.261. The standard InChI is InChI=1S/C23H24O7/c1-5-28-22(24)9-8-17-13-19-18(29-14-30-19)12-16(17)7-6-15-10-20(25-2)23(27-4)21(11-15)26-3/h6-13H,5,14H2,1-4H3/b7-6+,9-8+. The van der Waals surface area contributed by atoms with Gasteiger partial charge in [0.25, 0.3) is 0 Å². The van der Waals surface area contributed by atoms with E-state index >= 15 is 0 Å². The summed E-state index contributed by atoms with van der Waals surface area (Å²) in [7, 11) is 4.70. The molecule has 0 unspecified atom stereocenters. The topological polar surface area (TPSA) is 72.5 Å². The number of carbonyl (C=O) groups is 1. The highest BCUT2D eigenvalue weighted by atomic mass is 16.7. The minimum atomic E-state index is -0.408. The van der Waals surface area contributed by atoms with E-state index in [0.717, 1.165) is 16.7 Å². The molecule has 0 atom stereocenters. The van der Waals surface area contributed by atoms with Gasteiger partial charge in [0.2, 0.25) is 12.5 Å². The van der Waals surface area contributed by atoms with Gasteiger partial charge in [0, 0.05) is 6.08 Å². The average Bonchev–Trinajstić information content (AvgIpc) is 3.22. The number of benzene rings is 2. The van der Waals surface area contributed by atoms with Crippen LogP contribution in [0.25, 0.3) is 18.2 Å². The molecule has 7 heteroatoms. The first-order chi connectivity index (χ1) is 14.6. The van der Waals surface area contributed by atoms with Crippen LogP contribution in [-0.4, -0.2) is 40.7 Å². The van der Waals surface area contributed by atoms with E-state index in [0.29, 0.717) is 35.4 Å². The van der Waals surface area contributed by atoms with Crippen molar-refractivity contribution in [3.63, 3.8) is 0 Å². The highest BCUT2D eigenvalue weighted by molar-refractivity contribution is 5.89. The van der Waals surface area contributed by atoms with Crippen molar-refractivity contribution in [2.75, 3.05) is 34.7 Å². The first kappa shape index (κ1) is 21.1. The van der Waals surface area contributed by atoms with Crippen LogP contribution in [0.3, 0.4) is 0 Å². The maximum Gasteiger partial charge on any atom is 0.330 e. The molecule has 0 N–H and O–H groups in total. The molecular formula is C23H24O7. The lowest BCUT2D eigenvalue weighted by Gasteiger charge is -2.13. The van der Waals surface area contributed by atoms with Gasteiger partial charge in [-0.3, -0.25) is 0 Å². The Morgan fingerprint density at radius 2 is 1.50 bits per heavy atom. The van der Waals surface area contributed by atoms with E-state index in [4.69, 9.17) is 28.4 Å². The predicted octanol–water partition coefficient (Wildman–Crippen LogP) is 4.19. The third kappa shape index (κ3) is 4.68. The molecule has 0 saturated heterocycles. The third-order valence-electron chi connectivity index (χ3n) is 4.41. The molecule has 0 amide bonds. The summed E-state index contributed by atoms with van der Waals surface area (Å²) in [4.78, 5) is 11.7. The largest absolute Gasteiger partial charge is 0.493 e. The molecule has 0 saturated carbocycles. The second-order valence-corrected chi connectivity index (χ2v) is 6.21. The maximum atomic E-state index is 11.7. The molecule has 2 aromatic carbocycles. The first-order valence-electron chi connectivity index (χ1n) is 9.36. The molecular weight excluding hydrogens is 388 g/mol. The monoisotopic (exact) mass is 412 g/mol. The van der Waals surface area contributed by atoms with Crippen molar-refractivity contribution in [2.24, 2.45) is 0 Å². The molecule has 0 aliphatic carbocycles. The van der Waals surface area contributed by atoms with Gasteiger partial charge >= 0.3 is 5.97 Å². The van der Waals surface area contributed by atoms with E-state index < -0.39 is 5.97 Å². The smallest absolute Gasteiger partial charge is 0.330 e. The van der Waals surface area contributed by atoms with E-state index in [1.807, 2.05) is 36.4 Å². The minimum Gasteiger partial charge on any atom is -0.493 e. The Hall–Kier alpha value is -3.61. The maximum absolute atomic E-state index is 11.7. The van der Waals surface area contributed by atoms with Crippen molar-refractivity contribution in [3.05, 3.63) is 47.0 Å². The zero-order chi connectivity index (χ0) is 21.5. The number of carbonyl (C=O) groups excluding carboxylic acids is 1. The number of hydrogen-bond acceptors (Lipinski definition) is 7. The Morgan fingerprint density at radius 3 is 2.03 bits per heavy atom. The molecule has 1 heterocycles. The van der Waals surface area contributed by atoms with E-state index in [1.54, 1.807) is 34.3 Å². The molecule has 0 bridgehead atoms. The summed E-state index contributed by atoms with van der Waals surface area (Å²) < 4.78 is 32.1. The Morgan fingerprint density at radius 1 is 0.900 bits per heavy atom. The molecule has 0 radical (unpaired) electrons. The van der Waals surface area contributed by atoms with E-state index in [2.05, 4.69) is 0 Å². The molecule has 1 aliphatic rings. The molecule has 30 heavy (non-hydrogen) atoms. The summed E-state index contributed by atoms with van der Waals surface area (Å²) in [6.07, 6.45) is 6.89. The number of esters is 1. The summed E-state index contributed by atoms with van der Waals surface area (Å²) in [5.41, 5.74) is 2.48. The van der Waals surface area contributed by atoms with Crippen LogP contribution in [0.1, 0.15) is 23.6 Å². The minimum absolute atomic E-state index is 0.163. The number of rotatable bonds is 8. The molecule has 7 nitrogen and oxygen atoms in total. The number of methoxy groups -OCH3 is 3. The van der Waals surface area contributed by atoms with Crippen LogP contribution in [0.5, 0.6) is 28.7 Å². The van der Waals surface area contributed by atoms with E-state index in [-0.39, 0.29) is 6.79 Å². The second-order valence-electron chi connectivity index (χ2n) is 6.21.